The van der Waals surface area contributed by atoms with Gasteiger partial charge in [-0.05, 0) is 19.1 Å². The van der Waals surface area contributed by atoms with Crippen molar-refractivity contribution >= 4 is 11.6 Å². The molecule has 2 aromatic heterocycles. The molecule has 1 N–H and O–H groups in total. The topological polar surface area (TPSA) is 67.5 Å². The van der Waals surface area contributed by atoms with Crippen molar-refractivity contribution in [1.29, 1.82) is 0 Å². The quantitative estimate of drug-likeness (QED) is 0.761. The van der Waals surface area contributed by atoms with E-state index in [9.17, 15) is 4.79 Å². The van der Waals surface area contributed by atoms with Crippen LogP contribution in [0.1, 0.15) is 15.9 Å². The van der Waals surface area contributed by atoms with Crippen molar-refractivity contribution in [2.75, 3.05) is 0 Å². The average Bonchev–Trinajstić information content (AvgIpc) is 2.82. The van der Waals surface area contributed by atoms with Crippen molar-refractivity contribution in [2.45, 2.75) is 6.92 Å². The van der Waals surface area contributed by atoms with E-state index in [1.54, 1.807) is 10.5 Å². The Labute approximate surface area is 109 Å². The van der Waals surface area contributed by atoms with Crippen LogP contribution in [0.25, 0.3) is 17.0 Å². The molecule has 0 radical (unpaired) electrons. The first kappa shape index (κ1) is 11.4. The van der Waals surface area contributed by atoms with Crippen LogP contribution in [0.5, 0.6) is 0 Å². The van der Waals surface area contributed by atoms with E-state index in [0.717, 1.165) is 11.1 Å². The average molecular weight is 253 g/mol. The highest BCUT2D eigenvalue weighted by Gasteiger charge is 2.10. The molecule has 0 saturated carbocycles. The van der Waals surface area contributed by atoms with Gasteiger partial charge in [-0.25, -0.2) is 4.79 Å². The molecule has 1 aromatic carbocycles. The SMILES string of the molecule is Cc1ccc(-c2nnc3ccc(C(=O)O)cn23)cc1. The molecule has 0 aliphatic carbocycles. The number of hydrogen-bond donors (Lipinski definition) is 1. The van der Waals surface area contributed by atoms with Crippen molar-refractivity contribution in [3.63, 3.8) is 0 Å². The second-order valence-corrected chi connectivity index (χ2v) is 4.34. The van der Waals surface area contributed by atoms with Crippen molar-refractivity contribution in [1.82, 2.24) is 14.6 Å². The van der Waals surface area contributed by atoms with Crippen LogP contribution >= 0.6 is 0 Å². The highest BCUT2D eigenvalue weighted by molar-refractivity contribution is 5.87. The van der Waals surface area contributed by atoms with Gasteiger partial charge in [0.2, 0.25) is 0 Å². The summed E-state index contributed by atoms with van der Waals surface area (Å²) in [4.78, 5) is 11.0. The number of pyridine rings is 1. The zero-order valence-corrected chi connectivity index (χ0v) is 10.2. The minimum Gasteiger partial charge on any atom is -0.478 e. The van der Waals surface area contributed by atoms with E-state index in [1.165, 1.54) is 12.3 Å². The Morgan fingerprint density at radius 1 is 1.11 bits per heavy atom. The van der Waals surface area contributed by atoms with E-state index in [-0.39, 0.29) is 5.56 Å². The molecule has 0 spiro atoms. The molecule has 94 valence electrons. The van der Waals surface area contributed by atoms with Crippen LogP contribution in [0, 0.1) is 6.92 Å². The maximum absolute atomic E-state index is 11.0. The number of carboxylic acid groups (broad SMARTS) is 1. The van der Waals surface area contributed by atoms with Crippen LogP contribution in [0.2, 0.25) is 0 Å². The molecule has 0 aliphatic rings. The normalized spacial score (nSPS) is 10.8. The van der Waals surface area contributed by atoms with Gasteiger partial charge in [-0.3, -0.25) is 4.40 Å². The van der Waals surface area contributed by atoms with E-state index in [4.69, 9.17) is 5.11 Å². The lowest BCUT2D eigenvalue weighted by Gasteiger charge is -2.02. The van der Waals surface area contributed by atoms with Gasteiger partial charge in [0.1, 0.15) is 0 Å². The molecule has 0 aliphatic heterocycles. The first-order valence-electron chi connectivity index (χ1n) is 5.80. The van der Waals surface area contributed by atoms with Gasteiger partial charge in [-0.2, -0.15) is 0 Å². The summed E-state index contributed by atoms with van der Waals surface area (Å²) < 4.78 is 1.69. The summed E-state index contributed by atoms with van der Waals surface area (Å²) in [6.45, 7) is 2.01. The number of aromatic carboxylic acids is 1. The van der Waals surface area contributed by atoms with Crippen LogP contribution in [-0.2, 0) is 0 Å². The van der Waals surface area contributed by atoms with E-state index >= 15 is 0 Å². The van der Waals surface area contributed by atoms with Gasteiger partial charge >= 0.3 is 5.97 Å². The van der Waals surface area contributed by atoms with Crippen molar-refractivity contribution in [2.24, 2.45) is 0 Å². The maximum atomic E-state index is 11.0. The standard InChI is InChI=1S/C14H11N3O2/c1-9-2-4-10(5-3-9)13-16-15-12-7-6-11(14(18)19)8-17(12)13/h2-8H,1H3,(H,18,19). The number of nitrogens with zero attached hydrogens (tertiary/aromatic N) is 3. The van der Waals surface area contributed by atoms with Crippen molar-refractivity contribution < 1.29 is 9.90 Å². The molecule has 2 heterocycles. The smallest absolute Gasteiger partial charge is 0.337 e. The van der Waals surface area contributed by atoms with Gasteiger partial charge in [0, 0.05) is 11.8 Å². The molecule has 5 nitrogen and oxygen atoms in total. The molecule has 0 unspecified atom stereocenters. The number of carbonyl (C=O) groups is 1. The molecular formula is C14H11N3O2. The minimum atomic E-state index is -0.967. The van der Waals surface area contributed by atoms with Gasteiger partial charge in [0.15, 0.2) is 11.5 Å². The lowest BCUT2D eigenvalue weighted by atomic mass is 10.1. The van der Waals surface area contributed by atoms with Gasteiger partial charge in [-0.15, -0.1) is 10.2 Å². The first-order valence-corrected chi connectivity index (χ1v) is 5.80. The lowest BCUT2D eigenvalue weighted by molar-refractivity contribution is 0.0696. The molecule has 3 rings (SSSR count). The largest absolute Gasteiger partial charge is 0.478 e. The molecule has 0 amide bonds. The molecular weight excluding hydrogens is 242 g/mol. The van der Waals surface area contributed by atoms with Gasteiger partial charge in [0.05, 0.1) is 5.56 Å². The third-order valence-electron chi connectivity index (χ3n) is 2.96. The number of hydrogen-bond acceptors (Lipinski definition) is 3. The van der Waals surface area contributed by atoms with Crippen LogP contribution in [-0.4, -0.2) is 25.7 Å². The summed E-state index contributed by atoms with van der Waals surface area (Å²) in [7, 11) is 0. The highest BCUT2D eigenvalue weighted by Crippen LogP contribution is 2.19. The predicted octanol–water partition coefficient (Wildman–Crippen LogP) is 2.40. The van der Waals surface area contributed by atoms with Gasteiger partial charge < -0.3 is 5.11 Å². The summed E-state index contributed by atoms with van der Waals surface area (Å²) in [5, 5.41) is 17.2. The highest BCUT2D eigenvalue weighted by atomic mass is 16.4. The molecule has 19 heavy (non-hydrogen) atoms. The fraction of sp³-hybridized carbons (Fsp3) is 0.0714. The van der Waals surface area contributed by atoms with Crippen LogP contribution in [0.3, 0.4) is 0 Å². The third kappa shape index (κ3) is 1.95. The van der Waals surface area contributed by atoms with Crippen LogP contribution < -0.4 is 0 Å². The Balaban J connectivity index is 2.21. The second kappa shape index (κ2) is 4.20. The van der Waals surface area contributed by atoms with Crippen molar-refractivity contribution in [3.8, 4) is 11.4 Å². The van der Waals surface area contributed by atoms with Gasteiger partial charge in [-0.1, -0.05) is 29.8 Å². The first-order chi connectivity index (χ1) is 9.15. The van der Waals surface area contributed by atoms with Gasteiger partial charge in [0.25, 0.3) is 0 Å². The van der Waals surface area contributed by atoms with E-state index < -0.39 is 5.97 Å². The summed E-state index contributed by atoms with van der Waals surface area (Å²) >= 11 is 0. The Bertz CT molecular complexity index is 760. The summed E-state index contributed by atoms with van der Waals surface area (Å²) in [5.74, 6) is -0.330. The third-order valence-corrected chi connectivity index (χ3v) is 2.96. The number of benzene rings is 1. The molecule has 0 saturated heterocycles. The Kier molecular flexibility index (Phi) is 2.52. The van der Waals surface area contributed by atoms with Crippen LogP contribution in [0.15, 0.2) is 42.6 Å². The number of aromatic nitrogens is 3. The fourth-order valence-electron chi connectivity index (χ4n) is 1.92. The summed E-state index contributed by atoms with van der Waals surface area (Å²) in [5.41, 5.74) is 2.89. The summed E-state index contributed by atoms with van der Waals surface area (Å²) in [6, 6.07) is 11.0. The minimum absolute atomic E-state index is 0.209. The zero-order valence-electron chi connectivity index (χ0n) is 10.2. The number of fused-ring (bicyclic) bond motifs is 1. The lowest BCUT2D eigenvalue weighted by Crippen LogP contribution is -1.99. The fourth-order valence-corrected chi connectivity index (χ4v) is 1.92. The monoisotopic (exact) mass is 253 g/mol. The molecule has 3 aromatic rings. The Morgan fingerprint density at radius 3 is 2.53 bits per heavy atom. The Hall–Kier alpha value is -2.69. The molecule has 0 bridgehead atoms. The van der Waals surface area contributed by atoms with E-state index in [2.05, 4.69) is 10.2 Å². The number of rotatable bonds is 2. The molecule has 5 heteroatoms. The number of aryl methyl sites for hydroxylation is 1. The second-order valence-electron chi connectivity index (χ2n) is 4.34. The van der Waals surface area contributed by atoms with E-state index in [0.29, 0.717) is 11.5 Å². The Morgan fingerprint density at radius 2 is 1.84 bits per heavy atom. The van der Waals surface area contributed by atoms with E-state index in [1.807, 2.05) is 31.2 Å². The van der Waals surface area contributed by atoms with Crippen molar-refractivity contribution in [3.05, 3.63) is 53.7 Å². The van der Waals surface area contributed by atoms with Crippen LogP contribution in [0.4, 0.5) is 0 Å². The number of carboxylic acids is 1. The molecule has 0 atom stereocenters. The zero-order chi connectivity index (χ0) is 13.4. The molecule has 0 fully saturated rings. The maximum Gasteiger partial charge on any atom is 0.337 e. The predicted molar refractivity (Wildman–Crippen MR) is 70.1 cm³/mol. The summed E-state index contributed by atoms with van der Waals surface area (Å²) in [6.07, 6.45) is 1.53.